The van der Waals surface area contributed by atoms with Crippen molar-refractivity contribution >= 4 is 28.8 Å². The van der Waals surface area contributed by atoms with Crippen molar-refractivity contribution in [1.29, 1.82) is 0 Å². The summed E-state index contributed by atoms with van der Waals surface area (Å²) in [5, 5.41) is 36.9. The molecule has 0 amide bonds. The maximum Gasteiger partial charge on any atom is 0.437 e. The second-order valence-corrected chi connectivity index (χ2v) is 6.94. The number of alkyl halides is 3. The lowest BCUT2D eigenvalue weighted by atomic mass is 9.77. The third-order valence-electron chi connectivity index (χ3n) is 4.69. The zero-order chi connectivity index (χ0) is 22.3. The smallest absolute Gasteiger partial charge is 0.437 e. The summed E-state index contributed by atoms with van der Waals surface area (Å²) in [7, 11) is 0. The third kappa shape index (κ3) is 3.66. The second kappa shape index (κ2) is 7.54. The topological polar surface area (TPSA) is 128 Å². The van der Waals surface area contributed by atoms with Crippen molar-refractivity contribution in [2.45, 2.75) is 17.9 Å². The first-order valence-corrected chi connectivity index (χ1v) is 8.79. The Morgan fingerprint density at radius 2 is 1.83 bits per heavy atom. The van der Waals surface area contributed by atoms with Gasteiger partial charge in [0, 0.05) is 11.6 Å². The highest BCUT2D eigenvalue weighted by atomic mass is 32.1. The number of benzene rings is 2. The fourth-order valence-corrected chi connectivity index (χ4v) is 3.55. The van der Waals surface area contributed by atoms with E-state index in [4.69, 9.17) is 12.2 Å². The van der Waals surface area contributed by atoms with E-state index < -0.39 is 51.1 Å². The van der Waals surface area contributed by atoms with Crippen LogP contribution < -0.4 is 15.7 Å². The number of nitro benzene ring substituents is 1. The van der Waals surface area contributed by atoms with Crippen LogP contribution in [0.5, 0.6) is 5.75 Å². The summed E-state index contributed by atoms with van der Waals surface area (Å²) in [6.45, 7) is 0. The van der Waals surface area contributed by atoms with Crippen LogP contribution >= 0.6 is 12.2 Å². The fourth-order valence-electron chi connectivity index (χ4n) is 3.27. The molecular weight excluding hydrogens is 427 g/mol. The van der Waals surface area contributed by atoms with E-state index >= 15 is 0 Å². The number of nitro groups is 1. The lowest BCUT2D eigenvalue weighted by molar-refractivity contribution is -0.398. The highest BCUT2D eigenvalue weighted by molar-refractivity contribution is 7.80. The van der Waals surface area contributed by atoms with Crippen molar-refractivity contribution in [1.82, 2.24) is 10.6 Å². The van der Waals surface area contributed by atoms with E-state index in [9.17, 15) is 38.3 Å². The van der Waals surface area contributed by atoms with E-state index in [0.717, 1.165) is 18.2 Å². The molecule has 3 N–H and O–H groups in total. The summed E-state index contributed by atoms with van der Waals surface area (Å²) in [6, 6.07) is 7.94. The largest absolute Gasteiger partial charge is 0.868 e. The molecule has 8 nitrogen and oxygen atoms in total. The number of Topliss-reactive ketones (excluding diaryl/α,β-unsaturated/α-hetero) is 1. The van der Waals surface area contributed by atoms with Gasteiger partial charge in [-0.1, -0.05) is 42.5 Å². The molecule has 30 heavy (non-hydrogen) atoms. The molecular formula is C18H13F3N3O5S-. The molecule has 12 heteroatoms. The molecule has 0 radical (unpaired) electrons. The molecule has 3 atom stereocenters. The summed E-state index contributed by atoms with van der Waals surface area (Å²) < 4.78 is 41.6. The number of carbonyl (C=O) groups excluding carboxylic acids is 1. The first-order chi connectivity index (χ1) is 14.0. The second-order valence-electron chi connectivity index (χ2n) is 6.53. The number of aliphatic hydroxyl groups is 1. The van der Waals surface area contributed by atoms with Crippen LogP contribution in [0.4, 0.5) is 18.9 Å². The maximum atomic E-state index is 13.9. The minimum absolute atomic E-state index is 0.124. The van der Waals surface area contributed by atoms with Crippen LogP contribution in [0.15, 0.2) is 48.5 Å². The molecule has 2 aromatic carbocycles. The molecule has 0 aliphatic carbocycles. The number of rotatable bonds is 4. The Labute approximate surface area is 172 Å². The van der Waals surface area contributed by atoms with Gasteiger partial charge in [-0.15, -0.1) is 0 Å². The van der Waals surface area contributed by atoms with Gasteiger partial charge in [0.1, 0.15) is 5.92 Å². The lowest BCUT2D eigenvalue weighted by Gasteiger charge is -2.46. The number of thiocarbonyl (C=S) groups is 1. The van der Waals surface area contributed by atoms with Gasteiger partial charge in [0.2, 0.25) is 5.72 Å². The molecule has 3 rings (SSSR count). The standard InChI is InChI=1S/C18H14F3N3O5S/c19-18(20,21)17(27)13(15(26)9-4-2-1-3-5-9)14(22-16(30)23-17)10-6-7-12(25)11(8-10)24(28)29/h1-8,13-14,25,27H,(H2,22,23,30)/p-1/t13-,14+,17-/m0/s1. The molecule has 0 bridgehead atoms. The quantitative estimate of drug-likeness (QED) is 0.285. The van der Waals surface area contributed by atoms with E-state index in [1.54, 1.807) is 11.4 Å². The van der Waals surface area contributed by atoms with Crippen molar-refractivity contribution in [3.63, 3.8) is 0 Å². The molecule has 0 spiro atoms. The molecule has 2 aromatic rings. The van der Waals surface area contributed by atoms with Crippen LogP contribution in [0.3, 0.4) is 0 Å². The van der Waals surface area contributed by atoms with Crippen LogP contribution in [0.1, 0.15) is 22.0 Å². The van der Waals surface area contributed by atoms with Gasteiger partial charge >= 0.3 is 6.18 Å². The Bertz CT molecular complexity index is 1020. The van der Waals surface area contributed by atoms with E-state index in [1.807, 2.05) is 0 Å². The molecule has 1 saturated heterocycles. The van der Waals surface area contributed by atoms with Gasteiger partial charge in [-0.05, 0) is 23.5 Å². The maximum absolute atomic E-state index is 13.9. The van der Waals surface area contributed by atoms with E-state index in [0.29, 0.717) is 0 Å². The van der Waals surface area contributed by atoms with Gasteiger partial charge in [-0.3, -0.25) is 14.9 Å². The number of nitrogens with zero attached hydrogens (tertiary/aromatic N) is 1. The predicted molar refractivity (Wildman–Crippen MR) is 99.4 cm³/mol. The fraction of sp³-hybridized carbons (Fsp3) is 0.222. The zero-order valence-electron chi connectivity index (χ0n) is 14.8. The number of halogens is 3. The Balaban J connectivity index is 2.20. The van der Waals surface area contributed by atoms with Crippen molar-refractivity contribution in [2.75, 3.05) is 0 Å². The highest BCUT2D eigenvalue weighted by Crippen LogP contribution is 2.44. The number of carbonyl (C=O) groups is 1. The van der Waals surface area contributed by atoms with Gasteiger partial charge in [0.05, 0.1) is 11.0 Å². The van der Waals surface area contributed by atoms with Crippen LogP contribution in [-0.4, -0.2) is 32.8 Å². The summed E-state index contributed by atoms with van der Waals surface area (Å²) in [4.78, 5) is 23.2. The Morgan fingerprint density at radius 3 is 2.40 bits per heavy atom. The molecule has 1 aliphatic rings. The molecule has 1 fully saturated rings. The average Bonchev–Trinajstić information content (AvgIpc) is 2.67. The van der Waals surface area contributed by atoms with Gasteiger partial charge in [-0.2, -0.15) is 13.2 Å². The van der Waals surface area contributed by atoms with E-state index in [1.165, 1.54) is 24.3 Å². The van der Waals surface area contributed by atoms with Gasteiger partial charge in [-0.25, -0.2) is 0 Å². The van der Waals surface area contributed by atoms with Gasteiger partial charge in [0.25, 0.3) is 5.69 Å². The zero-order valence-corrected chi connectivity index (χ0v) is 15.7. The van der Waals surface area contributed by atoms with Crippen molar-refractivity contribution in [3.8, 4) is 5.75 Å². The Hall–Kier alpha value is -3.25. The minimum atomic E-state index is -5.34. The number of ketones is 1. The Kier molecular flexibility index (Phi) is 5.39. The molecule has 0 aromatic heterocycles. The summed E-state index contributed by atoms with van der Waals surface area (Å²) in [6.07, 6.45) is -5.34. The Morgan fingerprint density at radius 1 is 1.20 bits per heavy atom. The van der Waals surface area contributed by atoms with Gasteiger partial charge < -0.3 is 20.8 Å². The molecule has 158 valence electrons. The monoisotopic (exact) mass is 440 g/mol. The first kappa shape index (κ1) is 21.5. The molecule has 0 unspecified atom stereocenters. The summed E-state index contributed by atoms with van der Waals surface area (Å²) in [5.41, 5.74) is -4.97. The minimum Gasteiger partial charge on any atom is -0.868 e. The molecule has 1 heterocycles. The van der Waals surface area contributed by atoms with Crippen LogP contribution in [0, 0.1) is 16.0 Å². The SMILES string of the molecule is O=C(c1ccccc1)[C@@H]1[C@@H](c2ccc([O-])c([N+](=O)[O-])c2)NC(=S)N[C@@]1(O)C(F)(F)F. The number of nitrogens with one attached hydrogen (secondary N) is 2. The summed E-state index contributed by atoms with van der Waals surface area (Å²) in [5.74, 6) is -4.27. The molecule has 0 saturated carbocycles. The van der Waals surface area contributed by atoms with Crippen molar-refractivity contribution in [2.24, 2.45) is 5.92 Å². The highest BCUT2D eigenvalue weighted by Gasteiger charge is 2.65. The predicted octanol–water partition coefficient (Wildman–Crippen LogP) is 1.94. The normalized spacial score (nSPS) is 23.9. The lowest BCUT2D eigenvalue weighted by Crippen LogP contribution is -2.72. The van der Waals surface area contributed by atoms with Crippen molar-refractivity contribution < 1.29 is 33.1 Å². The van der Waals surface area contributed by atoms with Crippen molar-refractivity contribution in [3.05, 3.63) is 69.8 Å². The first-order valence-electron chi connectivity index (χ1n) is 8.38. The van der Waals surface area contributed by atoms with E-state index in [-0.39, 0.29) is 11.1 Å². The molecule has 1 aliphatic heterocycles. The van der Waals surface area contributed by atoms with Crippen LogP contribution in [-0.2, 0) is 0 Å². The van der Waals surface area contributed by atoms with Crippen LogP contribution in [0.25, 0.3) is 0 Å². The number of hydrogen-bond donors (Lipinski definition) is 3. The third-order valence-corrected chi connectivity index (χ3v) is 4.91. The van der Waals surface area contributed by atoms with Gasteiger partial charge in [0.15, 0.2) is 10.9 Å². The van der Waals surface area contributed by atoms with Crippen LogP contribution in [0.2, 0.25) is 0 Å². The number of hydrogen-bond acceptors (Lipinski definition) is 6. The average molecular weight is 440 g/mol. The van der Waals surface area contributed by atoms with E-state index in [2.05, 4.69) is 5.32 Å². The summed E-state index contributed by atoms with van der Waals surface area (Å²) >= 11 is 4.78.